The van der Waals surface area contributed by atoms with Crippen LogP contribution in [-0.2, 0) is 4.74 Å². The molecule has 14 heavy (non-hydrogen) atoms. The molecule has 0 aliphatic carbocycles. The minimum absolute atomic E-state index is 0. The number of esters is 1. The Bertz CT molecular complexity index is 234. The van der Waals surface area contributed by atoms with Gasteiger partial charge in [0.2, 0.25) is 0 Å². The summed E-state index contributed by atoms with van der Waals surface area (Å²) >= 11 is 0. The van der Waals surface area contributed by atoms with Crippen molar-refractivity contribution in [1.29, 1.82) is 0 Å². The standard InChI is InChI=1S/C8H7O2.2ClH.Li.Mg/c1-10-8(9)7-5-3-2-4-6-7;;;;/h3-6H,1H3;2*1H;;/q-1;;;+1;+2/p-2. The van der Waals surface area contributed by atoms with E-state index in [1.807, 2.05) is 0 Å². The molecule has 0 saturated heterocycles. The molecule has 0 saturated carbocycles. The van der Waals surface area contributed by atoms with E-state index in [0.29, 0.717) is 5.56 Å². The monoisotopic (exact) mass is 236 g/mol. The van der Waals surface area contributed by atoms with Crippen molar-refractivity contribution < 1.29 is 53.2 Å². The van der Waals surface area contributed by atoms with E-state index in [1.54, 1.807) is 24.3 Å². The third-order valence-electron chi connectivity index (χ3n) is 1.14. The van der Waals surface area contributed by atoms with Crippen LogP contribution < -0.4 is 43.7 Å². The van der Waals surface area contributed by atoms with Crippen LogP contribution in [0.15, 0.2) is 24.3 Å². The third-order valence-corrected chi connectivity index (χ3v) is 1.14. The second kappa shape index (κ2) is 13.6. The van der Waals surface area contributed by atoms with E-state index in [1.165, 1.54) is 7.11 Å². The summed E-state index contributed by atoms with van der Waals surface area (Å²) in [6.45, 7) is 0. The van der Waals surface area contributed by atoms with Crippen molar-refractivity contribution in [2.24, 2.45) is 0 Å². The molecule has 0 aromatic heterocycles. The first-order valence-corrected chi connectivity index (χ1v) is 2.89. The van der Waals surface area contributed by atoms with Crippen molar-refractivity contribution in [3.8, 4) is 0 Å². The molecule has 0 spiro atoms. The Morgan fingerprint density at radius 1 is 1.29 bits per heavy atom. The van der Waals surface area contributed by atoms with Gasteiger partial charge in [-0.1, -0.05) is 0 Å². The summed E-state index contributed by atoms with van der Waals surface area (Å²) in [6.07, 6.45) is 0. The summed E-state index contributed by atoms with van der Waals surface area (Å²) < 4.78 is 4.48. The van der Waals surface area contributed by atoms with Gasteiger partial charge in [0, 0.05) is 0 Å². The molecule has 0 unspecified atom stereocenters. The summed E-state index contributed by atoms with van der Waals surface area (Å²) in [5, 5.41) is 0. The van der Waals surface area contributed by atoms with E-state index in [2.05, 4.69) is 10.8 Å². The SMILES string of the molecule is COC(=O)c1cc[c-]cc1.[Cl-].[Cl-].[Li+].[Mg+2]. The first kappa shape index (κ1) is 24.1. The first-order valence-electron chi connectivity index (χ1n) is 2.89. The molecule has 6 heteroatoms. The van der Waals surface area contributed by atoms with Crippen molar-refractivity contribution in [3.63, 3.8) is 0 Å². The Labute approximate surface area is 124 Å². The zero-order valence-electron chi connectivity index (χ0n) is 8.09. The summed E-state index contributed by atoms with van der Waals surface area (Å²) in [7, 11) is 1.36. The van der Waals surface area contributed by atoms with E-state index < -0.39 is 0 Å². The molecule has 1 aromatic rings. The number of carbonyl (C=O) groups excluding carboxylic acids is 1. The molecule has 68 valence electrons. The molecular formula is C8H7Cl2LiMgO2. The van der Waals surface area contributed by atoms with E-state index in [0.717, 1.165) is 0 Å². The smallest absolute Gasteiger partial charge is 1.00 e. The van der Waals surface area contributed by atoms with Crippen LogP contribution >= 0.6 is 0 Å². The van der Waals surface area contributed by atoms with Gasteiger partial charge in [-0.25, -0.2) is 4.79 Å². The molecule has 0 radical (unpaired) electrons. The number of carbonyl (C=O) groups is 1. The number of benzene rings is 1. The maximum Gasteiger partial charge on any atom is 2.00 e. The van der Waals surface area contributed by atoms with Crippen LogP contribution in [0.4, 0.5) is 0 Å². The average molecular weight is 237 g/mol. The fraction of sp³-hybridized carbons (Fsp3) is 0.125. The number of hydrogen-bond acceptors (Lipinski definition) is 2. The van der Waals surface area contributed by atoms with E-state index in [9.17, 15) is 4.79 Å². The number of ether oxygens (including phenoxy) is 1. The number of rotatable bonds is 1. The van der Waals surface area contributed by atoms with Gasteiger partial charge < -0.3 is 29.6 Å². The number of halogens is 2. The number of hydrogen-bond donors (Lipinski definition) is 0. The molecular weight excluding hydrogens is 230 g/mol. The van der Waals surface area contributed by atoms with Gasteiger partial charge in [0.1, 0.15) is 0 Å². The molecule has 0 aliphatic rings. The Morgan fingerprint density at radius 2 is 1.71 bits per heavy atom. The zero-order valence-corrected chi connectivity index (χ0v) is 11.0. The predicted octanol–water partition coefficient (Wildman–Crippen LogP) is -8.10. The molecule has 1 aromatic carbocycles. The van der Waals surface area contributed by atoms with Gasteiger partial charge in [-0.05, 0) is 5.56 Å². The molecule has 0 heterocycles. The Kier molecular flexibility index (Phi) is 23.4. The van der Waals surface area contributed by atoms with E-state index in [-0.39, 0.29) is 72.7 Å². The van der Waals surface area contributed by atoms with E-state index in [4.69, 9.17) is 0 Å². The van der Waals surface area contributed by atoms with Crippen LogP contribution in [-0.4, -0.2) is 36.1 Å². The normalized spacial score (nSPS) is 6.36. The van der Waals surface area contributed by atoms with Crippen LogP contribution in [0.25, 0.3) is 0 Å². The third kappa shape index (κ3) is 7.98. The minimum Gasteiger partial charge on any atom is -1.00 e. The summed E-state index contributed by atoms with van der Waals surface area (Å²) in [5.74, 6) is -0.311. The quantitative estimate of drug-likeness (QED) is 0.275. The zero-order chi connectivity index (χ0) is 7.40. The summed E-state index contributed by atoms with van der Waals surface area (Å²) in [6, 6.07) is 9.47. The van der Waals surface area contributed by atoms with Crippen molar-refractivity contribution >= 4 is 29.0 Å². The van der Waals surface area contributed by atoms with Crippen LogP contribution in [0.5, 0.6) is 0 Å². The molecule has 0 atom stereocenters. The van der Waals surface area contributed by atoms with Crippen LogP contribution in [0.2, 0.25) is 0 Å². The van der Waals surface area contributed by atoms with Gasteiger partial charge in [-0.2, -0.15) is 30.3 Å². The van der Waals surface area contributed by atoms with Crippen molar-refractivity contribution in [2.45, 2.75) is 0 Å². The van der Waals surface area contributed by atoms with Crippen molar-refractivity contribution in [2.75, 3.05) is 7.11 Å². The molecule has 2 nitrogen and oxygen atoms in total. The van der Waals surface area contributed by atoms with Gasteiger partial charge in [0.25, 0.3) is 0 Å². The number of methoxy groups -OCH3 is 1. The van der Waals surface area contributed by atoms with Crippen molar-refractivity contribution in [3.05, 3.63) is 35.9 Å². The maximum absolute atomic E-state index is 10.8. The molecule has 0 amide bonds. The second-order valence-electron chi connectivity index (χ2n) is 1.78. The second-order valence-corrected chi connectivity index (χ2v) is 1.78. The molecule has 0 aliphatic heterocycles. The van der Waals surface area contributed by atoms with Crippen molar-refractivity contribution in [1.82, 2.24) is 0 Å². The van der Waals surface area contributed by atoms with Crippen LogP contribution in [0.1, 0.15) is 10.4 Å². The summed E-state index contributed by atoms with van der Waals surface area (Å²) in [5.41, 5.74) is 0.557. The maximum atomic E-state index is 10.8. The fourth-order valence-electron chi connectivity index (χ4n) is 0.641. The van der Waals surface area contributed by atoms with E-state index >= 15 is 0 Å². The topological polar surface area (TPSA) is 26.3 Å². The van der Waals surface area contributed by atoms with Gasteiger partial charge in [-0.15, -0.1) is 0 Å². The molecule has 0 fully saturated rings. The van der Waals surface area contributed by atoms with Gasteiger partial charge >= 0.3 is 47.9 Å². The van der Waals surface area contributed by atoms with Gasteiger partial charge in [-0.3, -0.25) is 0 Å². The Balaban J connectivity index is -0.000000125. The van der Waals surface area contributed by atoms with Crippen LogP contribution in [0, 0.1) is 6.07 Å². The molecule has 0 bridgehead atoms. The van der Waals surface area contributed by atoms with Gasteiger partial charge in [0.05, 0.1) is 7.11 Å². The molecule has 1 rings (SSSR count). The predicted molar refractivity (Wildman–Crippen MR) is 42.4 cm³/mol. The Hall–Kier alpha value is 0.634. The largest absolute Gasteiger partial charge is 2.00 e. The van der Waals surface area contributed by atoms with Crippen LogP contribution in [0.3, 0.4) is 0 Å². The summed E-state index contributed by atoms with van der Waals surface area (Å²) in [4.78, 5) is 10.8. The Morgan fingerprint density at radius 3 is 2.07 bits per heavy atom. The first-order chi connectivity index (χ1) is 4.84. The average Bonchev–Trinajstić information content (AvgIpc) is 2.05. The minimum atomic E-state index is -0.311. The molecule has 0 N–H and O–H groups in total. The van der Waals surface area contributed by atoms with Gasteiger partial charge in [0.15, 0.2) is 0 Å². The fourth-order valence-corrected chi connectivity index (χ4v) is 0.641.